The number of nitrogens with zero attached hydrogens (tertiary/aromatic N) is 2. The Balaban J connectivity index is 2.20. The second-order valence-electron chi connectivity index (χ2n) is 3.77. The molecule has 0 amide bonds. The fourth-order valence-electron chi connectivity index (χ4n) is 2.00. The normalized spacial score (nSPS) is 22.3. The molecular weight excluding hydrogens is 178 g/mol. The maximum absolute atomic E-state index is 5.25. The van der Waals surface area contributed by atoms with Gasteiger partial charge in [-0.2, -0.15) is 0 Å². The Hall–Kier alpha value is -1.03. The Morgan fingerprint density at radius 3 is 3.07 bits per heavy atom. The van der Waals surface area contributed by atoms with E-state index in [2.05, 4.69) is 10.4 Å². The van der Waals surface area contributed by atoms with E-state index in [0.29, 0.717) is 6.04 Å². The van der Waals surface area contributed by atoms with Gasteiger partial charge in [-0.1, -0.05) is 6.42 Å². The van der Waals surface area contributed by atoms with Crippen molar-refractivity contribution >= 4 is 0 Å². The van der Waals surface area contributed by atoms with Gasteiger partial charge in [-0.05, 0) is 19.4 Å². The minimum atomic E-state index is 0.424. The van der Waals surface area contributed by atoms with Crippen molar-refractivity contribution in [1.82, 2.24) is 15.1 Å². The summed E-state index contributed by atoms with van der Waals surface area (Å²) >= 11 is 0. The van der Waals surface area contributed by atoms with Gasteiger partial charge in [0.25, 0.3) is 0 Å². The SMILES string of the molecule is COc1nn(C)cc1C1CCCCN1. The summed E-state index contributed by atoms with van der Waals surface area (Å²) < 4.78 is 7.06. The van der Waals surface area contributed by atoms with Gasteiger partial charge < -0.3 is 10.1 Å². The third kappa shape index (κ3) is 1.75. The first-order chi connectivity index (χ1) is 6.81. The molecule has 0 spiro atoms. The molecule has 1 N–H and O–H groups in total. The Morgan fingerprint density at radius 2 is 2.43 bits per heavy atom. The van der Waals surface area contributed by atoms with Crippen molar-refractivity contribution in [3.8, 4) is 5.88 Å². The van der Waals surface area contributed by atoms with Crippen molar-refractivity contribution in [3.63, 3.8) is 0 Å². The number of ether oxygens (including phenoxy) is 1. The number of methoxy groups -OCH3 is 1. The van der Waals surface area contributed by atoms with Gasteiger partial charge in [-0.3, -0.25) is 4.68 Å². The summed E-state index contributed by atoms with van der Waals surface area (Å²) in [5, 5.41) is 7.75. The summed E-state index contributed by atoms with van der Waals surface area (Å²) in [5.41, 5.74) is 1.19. The average molecular weight is 195 g/mol. The summed E-state index contributed by atoms with van der Waals surface area (Å²) in [6.45, 7) is 1.10. The maximum Gasteiger partial charge on any atom is 0.237 e. The molecule has 1 saturated heterocycles. The van der Waals surface area contributed by atoms with Crippen molar-refractivity contribution in [2.24, 2.45) is 7.05 Å². The molecule has 1 aromatic heterocycles. The Kier molecular flexibility index (Phi) is 2.72. The van der Waals surface area contributed by atoms with E-state index >= 15 is 0 Å². The molecule has 0 aromatic carbocycles. The number of hydrogen-bond donors (Lipinski definition) is 1. The molecule has 14 heavy (non-hydrogen) atoms. The monoisotopic (exact) mass is 195 g/mol. The van der Waals surface area contributed by atoms with Crippen LogP contribution in [0.3, 0.4) is 0 Å². The van der Waals surface area contributed by atoms with Gasteiger partial charge in [0.15, 0.2) is 0 Å². The number of aryl methyl sites for hydroxylation is 1. The van der Waals surface area contributed by atoms with E-state index in [-0.39, 0.29) is 0 Å². The van der Waals surface area contributed by atoms with Crippen LogP contribution >= 0.6 is 0 Å². The van der Waals surface area contributed by atoms with Crippen LogP contribution in [0.25, 0.3) is 0 Å². The molecule has 0 aliphatic carbocycles. The fraction of sp³-hybridized carbons (Fsp3) is 0.700. The van der Waals surface area contributed by atoms with Gasteiger partial charge in [0.05, 0.1) is 12.7 Å². The fourth-order valence-corrected chi connectivity index (χ4v) is 2.00. The van der Waals surface area contributed by atoms with Gasteiger partial charge in [0, 0.05) is 19.3 Å². The van der Waals surface area contributed by atoms with Crippen molar-refractivity contribution in [2.75, 3.05) is 13.7 Å². The lowest BCUT2D eigenvalue weighted by Gasteiger charge is -2.22. The number of hydrogen-bond acceptors (Lipinski definition) is 3. The van der Waals surface area contributed by atoms with Crippen LogP contribution in [-0.4, -0.2) is 23.4 Å². The standard InChI is InChI=1S/C10H17N3O/c1-13-7-8(10(12-13)14-2)9-5-3-4-6-11-9/h7,9,11H,3-6H2,1-2H3. The highest BCUT2D eigenvalue weighted by Gasteiger charge is 2.20. The summed E-state index contributed by atoms with van der Waals surface area (Å²) in [6.07, 6.45) is 5.79. The summed E-state index contributed by atoms with van der Waals surface area (Å²) in [6, 6.07) is 0.424. The number of rotatable bonds is 2. The topological polar surface area (TPSA) is 39.1 Å². The van der Waals surface area contributed by atoms with E-state index in [4.69, 9.17) is 4.74 Å². The molecule has 78 valence electrons. The van der Waals surface area contributed by atoms with Crippen molar-refractivity contribution in [3.05, 3.63) is 11.8 Å². The molecule has 1 aliphatic rings. The predicted octanol–water partition coefficient (Wildman–Crippen LogP) is 1.24. The van der Waals surface area contributed by atoms with Gasteiger partial charge in [-0.25, -0.2) is 0 Å². The number of aromatic nitrogens is 2. The molecular formula is C10H17N3O. The number of nitrogens with one attached hydrogen (secondary N) is 1. The quantitative estimate of drug-likeness (QED) is 0.771. The summed E-state index contributed by atoms with van der Waals surface area (Å²) in [4.78, 5) is 0. The molecule has 0 bridgehead atoms. The molecule has 1 aliphatic heterocycles. The molecule has 4 nitrogen and oxygen atoms in total. The minimum Gasteiger partial charge on any atom is -0.480 e. The lowest BCUT2D eigenvalue weighted by atomic mass is 10.00. The largest absolute Gasteiger partial charge is 0.480 e. The van der Waals surface area contributed by atoms with Crippen LogP contribution in [0.5, 0.6) is 5.88 Å². The van der Waals surface area contributed by atoms with Gasteiger partial charge in [0.1, 0.15) is 0 Å². The number of piperidine rings is 1. The Labute approximate surface area is 84.3 Å². The van der Waals surface area contributed by atoms with Crippen molar-refractivity contribution in [1.29, 1.82) is 0 Å². The minimum absolute atomic E-state index is 0.424. The lowest BCUT2D eigenvalue weighted by Crippen LogP contribution is -2.26. The summed E-state index contributed by atoms with van der Waals surface area (Å²) in [7, 11) is 3.60. The zero-order valence-electron chi connectivity index (χ0n) is 8.79. The van der Waals surface area contributed by atoms with Crippen molar-refractivity contribution in [2.45, 2.75) is 25.3 Å². The van der Waals surface area contributed by atoms with E-state index in [0.717, 1.165) is 12.4 Å². The molecule has 0 radical (unpaired) electrons. The van der Waals surface area contributed by atoms with Crippen LogP contribution in [0, 0.1) is 0 Å². The van der Waals surface area contributed by atoms with Gasteiger partial charge in [0.2, 0.25) is 5.88 Å². The zero-order chi connectivity index (χ0) is 9.97. The molecule has 1 fully saturated rings. The van der Waals surface area contributed by atoms with Crippen LogP contribution in [0.1, 0.15) is 30.9 Å². The van der Waals surface area contributed by atoms with Crippen LogP contribution in [0.15, 0.2) is 6.20 Å². The smallest absolute Gasteiger partial charge is 0.237 e. The third-order valence-electron chi connectivity index (χ3n) is 2.70. The molecule has 4 heteroatoms. The van der Waals surface area contributed by atoms with Crippen molar-refractivity contribution < 1.29 is 4.74 Å². The maximum atomic E-state index is 5.25. The van der Waals surface area contributed by atoms with E-state index in [9.17, 15) is 0 Å². The predicted molar refractivity (Wildman–Crippen MR) is 54.4 cm³/mol. The summed E-state index contributed by atoms with van der Waals surface area (Å²) in [5.74, 6) is 0.756. The Morgan fingerprint density at radius 1 is 1.57 bits per heavy atom. The first-order valence-corrected chi connectivity index (χ1v) is 5.12. The zero-order valence-corrected chi connectivity index (χ0v) is 8.79. The molecule has 1 atom stereocenters. The molecule has 2 rings (SSSR count). The molecule has 1 unspecified atom stereocenters. The molecule has 0 saturated carbocycles. The van der Waals surface area contributed by atoms with Gasteiger partial charge in [-0.15, -0.1) is 5.10 Å². The van der Waals surface area contributed by atoms with Gasteiger partial charge >= 0.3 is 0 Å². The van der Waals surface area contributed by atoms with Crippen LogP contribution in [0.2, 0.25) is 0 Å². The highest BCUT2D eigenvalue weighted by atomic mass is 16.5. The second kappa shape index (κ2) is 4.00. The van der Waals surface area contributed by atoms with E-state index in [1.165, 1.54) is 24.8 Å². The molecule has 1 aromatic rings. The van der Waals surface area contributed by atoms with Crippen LogP contribution in [-0.2, 0) is 7.05 Å². The third-order valence-corrected chi connectivity index (χ3v) is 2.70. The average Bonchev–Trinajstić information content (AvgIpc) is 2.61. The van der Waals surface area contributed by atoms with Crippen LogP contribution < -0.4 is 10.1 Å². The van der Waals surface area contributed by atoms with E-state index in [1.54, 1.807) is 7.11 Å². The van der Waals surface area contributed by atoms with E-state index < -0.39 is 0 Å². The second-order valence-corrected chi connectivity index (χ2v) is 3.77. The lowest BCUT2D eigenvalue weighted by molar-refractivity contribution is 0.364. The highest BCUT2D eigenvalue weighted by molar-refractivity contribution is 5.27. The van der Waals surface area contributed by atoms with E-state index in [1.807, 2.05) is 17.9 Å². The first-order valence-electron chi connectivity index (χ1n) is 5.12. The Bertz CT molecular complexity index is 302. The highest BCUT2D eigenvalue weighted by Crippen LogP contribution is 2.28. The first kappa shape index (κ1) is 9.52. The molecule has 2 heterocycles. The van der Waals surface area contributed by atoms with Crippen LogP contribution in [0.4, 0.5) is 0 Å².